The topological polar surface area (TPSA) is 161 Å². The van der Waals surface area contributed by atoms with E-state index in [-0.39, 0.29) is 21.1 Å². The monoisotopic (exact) mass is 1360 g/mol. The second kappa shape index (κ2) is 90.8. The van der Waals surface area contributed by atoms with Crippen LogP contribution in [-0.2, 0) is 39.3 Å². The molecular formula is C72H144MoO8P4. The van der Waals surface area contributed by atoms with Crippen molar-refractivity contribution in [2.45, 2.75) is 387 Å². The minimum atomic E-state index is -2.46. The van der Waals surface area contributed by atoms with Gasteiger partial charge in [-0.15, -0.1) is 0 Å². The maximum atomic E-state index is 10.4. The molecule has 0 aliphatic heterocycles. The van der Waals surface area contributed by atoms with Crippen molar-refractivity contribution in [1.82, 2.24) is 0 Å². The van der Waals surface area contributed by atoms with Crippen molar-refractivity contribution in [1.29, 1.82) is 0 Å². The van der Waals surface area contributed by atoms with Gasteiger partial charge in [-0.3, -0.25) is 0 Å². The summed E-state index contributed by atoms with van der Waals surface area (Å²) in [5.41, 5.74) is 0. The summed E-state index contributed by atoms with van der Waals surface area (Å²) < 4.78 is 41.7. The first-order valence-corrected chi connectivity index (χ1v) is 42.6. The van der Waals surface area contributed by atoms with Gasteiger partial charge in [-0.05, 0) is 153 Å². The predicted molar refractivity (Wildman–Crippen MR) is 373 cm³/mol. The average Bonchev–Trinajstić information content (AvgIpc) is 3.47. The van der Waals surface area contributed by atoms with Gasteiger partial charge in [0.15, 0.2) is 0 Å². The van der Waals surface area contributed by atoms with Crippen LogP contribution in [0.2, 0.25) is 0 Å². The Bertz CT molecular complexity index is 1220. The van der Waals surface area contributed by atoms with E-state index in [2.05, 4.69) is 76.3 Å². The molecule has 0 aliphatic carbocycles. The fourth-order valence-electron chi connectivity index (χ4n) is 10.1. The van der Waals surface area contributed by atoms with Crippen molar-refractivity contribution in [3.8, 4) is 0 Å². The predicted octanol–water partition coefficient (Wildman–Crippen LogP) is 23.4. The molecule has 0 aromatic rings. The Morgan fingerprint density at radius 2 is 0.294 bits per heavy atom. The summed E-state index contributed by atoms with van der Waals surface area (Å²) in [6.45, 7) is 9.05. The number of unbranched alkanes of at least 4 members (excludes halogenated alkanes) is 48. The summed E-state index contributed by atoms with van der Waals surface area (Å²) in [4.78, 5) is 41.7. The second-order valence-corrected chi connectivity index (χ2v) is 29.2. The van der Waals surface area contributed by atoms with Crippen molar-refractivity contribution in [3.05, 3.63) is 48.6 Å². The van der Waals surface area contributed by atoms with Gasteiger partial charge < -0.3 is 37.8 Å². The molecule has 0 aromatic heterocycles. The fraction of sp³-hybridized carbons (Fsp3) is 0.889. The van der Waals surface area contributed by atoms with Gasteiger partial charge in [0, 0.05) is 32.1 Å². The first-order valence-electron chi connectivity index (χ1n) is 36.5. The summed E-state index contributed by atoms with van der Waals surface area (Å²) in [6, 6.07) is 0. The molecule has 85 heavy (non-hydrogen) atoms. The van der Waals surface area contributed by atoms with Gasteiger partial charge in [-0.25, -0.2) is 0 Å². The summed E-state index contributed by atoms with van der Waals surface area (Å²) >= 11 is 0. The van der Waals surface area contributed by atoms with E-state index in [1.54, 1.807) is 0 Å². The number of rotatable bonds is 64. The number of hydrogen-bond donors (Lipinski definition) is 0. The number of hydrogen-bond acceptors (Lipinski definition) is 8. The van der Waals surface area contributed by atoms with Crippen LogP contribution in [0.15, 0.2) is 48.6 Å². The zero-order chi connectivity index (χ0) is 62.4. The molecule has 0 rings (SSSR count). The van der Waals surface area contributed by atoms with Gasteiger partial charge in [0.1, 0.15) is 0 Å². The molecule has 0 fully saturated rings. The molecular weight excluding hydrogens is 1210 g/mol. The van der Waals surface area contributed by atoms with Crippen molar-refractivity contribution < 1.29 is 58.9 Å². The Morgan fingerprint density at radius 1 is 0.188 bits per heavy atom. The maximum Gasteiger partial charge on any atom is 4.00 e. The smallest absolute Gasteiger partial charge is 0.802 e. The average molecular weight is 1360 g/mol. The van der Waals surface area contributed by atoms with E-state index in [9.17, 15) is 37.8 Å². The van der Waals surface area contributed by atoms with Crippen LogP contribution in [0, 0.1) is 0 Å². The molecule has 0 N–H and O–H groups in total. The van der Waals surface area contributed by atoms with Gasteiger partial charge >= 0.3 is 21.1 Å². The van der Waals surface area contributed by atoms with Crippen molar-refractivity contribution in [2.75, 3.05) is 24.6 Å². The molecule has 4 unspecified atom stereocenters. The van der Waals surface area contributed by atoms with Crippen LogP contribution < -0.4 is 19.6 Å². The third-order valence-corrected chi connectivity index (χ3v) is 18.6. The van der Waals surface area contributed by atoms with Crippen molar-refractivity contribution >= 4 is 32.1 Å². The van der Waals surface area contributed by atoms with Crippen LogP contribution >= 0.6 is 32.1 Å². The largest absolute Gasteiger partial charge is 4.00 e. The summed E-state index contributed by atoms with van der Waals surface area (Å²) in [7, 11) is -9.85. The van der Waals surface area contributed by atoms with Crippen LogP contribution in [0.25, 0.3) is 0 Å². The molecule has 0 saturated carbocycles. The molecule has 0 bridgehead atoms. The quantitative estimate of drug-likeness (QED) is 0.0252. The molecule has 13 heteroatoms. The maximum absolute atomic E-state index is 10.4. The van der Waals surface area contributed by atoms with Crippen LogP contribution in [0.3, 0.4) is 0 Å². The zero-order valence-electron chi connectivity index (χ0n) is 56.7. The molecule has 8 nitrogen and oxygen atoms in total. The van der Waals surface area contributed by atoms with Gasteiger partial charge in [-0.2, -0.15) is 0 Å². The molecule has 0 amide bonds. The Balaban J connectivity index is -0.000000333. The molecule has 0 radical (unpaired) electrons. The summed E-state index contributed by atoms with van der Waals surface area (Å²) in [5.74, 6) is 0. The van der Waals surface area contributed by atoms with E-state index in [1.165, 1.54) is 308 Å². The zero-order valence-corrected chi connectivity index (χ0v) is 62.7. The van der Waals surface area contributed by atoms with Crippen LogP contribution in [0.5, 0.6) is 0 Å². The molecule has 0 heterocycles. The van der Waals surface area contributed by atoms with Crippen LogP contribution in [-0.4, -0.2) is 24.6 Å². The van der Waals surface area contributed by atoms with Crippen molar-refractivity contribution in [3.63, 3.8) is 0 Å². The molecule has 0 spiro atoms. The summed E-state index contributed by atoms with van der Waals surface area (Å²) in [6.07, 6.45) is 91.2. The third-order valence-electron chi connectivity index (χ3n) is 15.6. The Kier molecular flexibility index (Phi) is 101. The fourth-order valence-corrected chi connectivity index (χ4v) is 12.2. The molecule has 0 aliphatic rings. The molecule has 0 aromatic carbocycles. The van der Waals surface area contributed by atoms with E-state index in [4.69, 9.17) is 0 Å². The van der Waals surface area contributed by atoms with Crippen molar-refractivity contribution in [2.24, 2.45) is 0 Å². The Morgan fingerprint density at radius 3 is 0.412 bits per heavy atom. The Labute approximate surface area is 548 Å². The van der Waals surface area contributed by atoms with Crippen LogP contribution in [0.4, 0.5) is 0 Å². The molecule has 506 valence electrons. The molecule has 0 saturated heterocycles. The van der Waals surface area contributed by atoms with E-state index >= 15 is 0 Å². The van der Waals surface area contributed by atoms with E-state index in [0.717, 1.165) is 51.4 Å². The first-order chi connectivity index (χ1) is 41.1. The second-order valence-electron chi connectivity index (χ2n) is 24.2. The van der Waals surface area contributed by atoms with E-state index < -0.39 is 32.1 Å². The van der Waals surface area contributed by atoms with Crippen LogP contribution in [0.1, 0.15) is 387 Å². The van der Waals surface area contributed by atoms with Gasteiger partial charge in [0.2, 0.25) is 0 Å². The SMILES string of the molecule is CCCCCCCCC=CCCCCCCCC[PH](=O)[O-].CCCCCCCCC=CCCCCCCCC[PH](=O)[O-].CCCCCCCCC=CCCCCCCCC[PH](=O)[O-].CCCCCCCCC=CCCCCCCCC[PH](=O)[O-].[Mo+4]. The summed E-state index contributed by atoms with van der Waals surface area (Å²) in [5, 5.41) is 0. The van der Waals surface area contributed by atoms with Gasteiger partial charge in [0.25, 0.3) is 0 Å². The third kappa shape index (κ3) is 109. The minimum absolute atomic E-state index is 0. The van der Waals surface area contributed by atoms with E-state index in [1.807, 2.05) is 0 Å². The minimum Gasteiger partial charge on any atom is -0.802 e. The van der Waals surface area contributed by atoms with Gasteiger partial charge in [-0.1, -0.05) is 307 Å². The standard InChI is InChI=1S/4C18H37O2P.Mo/c4*1-2-3-4-5-6-7-8-9-10-11-12-13-14-15-16-17-18-21(19)20;/h4*9-10,21H,2-8,11-18H2,1H3,(H,19,20);/q;;;;+4/p-4. The first kappa shape index (κ1) is 94.1. The molecule has 4 atom stereocenters. The number of allylic oxidation sites excluding steroid dienone is 8. The van der Waals surface area contributed by atoms with E-state index in [0.29, 0.717) is 24.6 Å². The van der Waals surface area contributed by atoms with Gasteiger partial charge in [0.05, 0.1) is 0 Å². The normalized spacial score (nSPS) is 12.9. The Hall–Kier alpha value is 0.408.